The number of aromatic nitrogens is 3. The second kappa shape index (κ2) is 7.17. The molecule has 1 aliphatic rings. The average molecular weight is 311 g/mol. The van der Waals surface area contributed by atoms with Crippen LogP contribution in [-0.2, 0) is 4.79 Å². The highest BCUT2D eigenvalue weighted by molar-refractivity contribution is 5.79. The molecule has 2 atom stereocenters. The summed E-state index contributed by atoms with van der Waals surface area (Å²) >= 11 is 0. The van der Waals surface area contributed by atoms with E-state index in [-0.39, 0.29) is 17.9 Å². The van der Waals surface area contributed by atoms with E-state index in [1.165, 1.54) is 0 Å². The van der Waals surface area contributed by atoms with Crippen molar-refractivity contribution in [2.75, 3.05) is 18.0 Å². The van der Waals surface area contributed by atoms with Crippen LogP contribution in [0.25, 0.3) is 0 Å². The largest absolute Gasteiger partial charge is 0.355 e. The van der Waals surface area contributed by atoms with Gasteiger partial charge < -0.3 is 10.2 Å². The second-order valence-electron chi connectivity index (χ2n) is 5.83. The van der Waals surface area contributed by atoms with Gasteiger partial charge in [-0.15, -0.1) is 0 Å². The van der Waals surface area contributed by atoms with Gasteiger partial charge in [0.25, 0.3) is 0 Å². The lowest BCUT2D eigenvalue weighted by Crippen LogP contribution is -2.44. The van der Waals surface area contributed by atoms with E-state index in [0.717, 1.165) is 30.9 Å². The van der Waals surface area contributed by atoms with Crippen LogP contribution in [0.1, 0.15) is 31.5 Å². The Morgan fingerprint density at radius 1 is 1.30 bits per heavy atom. The molecule has 120 valence electrons. The molecule has 0 radical (unpaired) electrons. The molecular weight excluding hydrogens is 290 g/mol. The Morgan fingerprint density at radius 2 is 2.22 bits per heavy atom. The molecule has 0 aliphatic carbocycles. The first-order valence-corrected chi connectivity index (χ1v) is 7.96. The zero-order valence-electron chi connectivity index (χ0n) is 13.2. The van der Waals surface area contributed by atoms with E-state index in [4.69, 9.17) is 0 Å². The van der Waals surface area contributed by atoms with E-state index >= 15 is 0 Å². The minimum absolute atomic E-state index is 0.0306. The number of nitrogens with one attached hydrogen (secondary N) is 1. The minimum atomic E-state index is -0.0874. The Balaban J connectivity index is 1.61. The Hall–Kier alpha value is -2.50. The van der Waals surface area contributed by atoms with Crippen LogP contribution in [0.2, 0.25) is 0 Å². The number of anilines is 1. The summed E-state index contributed by atoms with van der Waals surface area (Å²) in [5.74, 6) is 0.886. The number of carbonyl (C=O) groups is 1. The normalized spacial score (nSPS) is 19.2. The van der Waals surface area contributed by atoms with Gasteiger partial charge in [-0.2, -0.15) is 0 Å². The van der Waals surface area contributed by atoms with Gasteiger partial charge in [0.1, 0.15) is 5.82 Å². The molecule has 3 rings (SSSR count). The third kappa shape index (κ3) is 3.83. The van der Waals surface area contributed by atoms with Gasteiger partial charge in [0.2, 0.25) is 5.91 Å². The highest BCUT2D eigenvalue weighted by atomic mass is 16.2. The van der Waals surface area contributed by atoms with Crippen molar-refractivity contribution in [1.29, 1.82) is 0 Å². The van der Waals surface area contributed by atoms with E-state index in [1.54, 1.807) is 24.8 Å². The molecule has 2 aromatic rings. The molecule has 6 heteroatoms. The van der Waals surface area contributed by atoms with Crippen molar-refractivity contribution in [3.05, 3.63) is 48.7 Å². The van der Waals surface area contributed by atoms with Crippen LogP contribution in [0.15, 0.2) is 43.0 Å². The molecule has 1 aliphatic heterocycles. The predicted molar refractivity (Wildman–Crippen MR) is 87.8 cm³/mol. The SMILES string of the molecule is C[C@H](NC(=O)[C@@H]1CCCN(c2cnccn2)C1)c1ccccn1. The Kier molecular flexibility index (Phi) is 4.80. The number of hydrogen-bond acceptors (Lipinski definition) is 5. The topological polar surface area (TPSA) is 71.0 Å². The van der Waals surface area contributed by atoms with Gasteiger partial charge in [-0.25, -0.2) is 4.98 Å². The van der Waals surface area contributed by atoms with Crippen LogP contribution >= 0.6 is 0 Å². The Labute approximate surface area is 136 Å². The van der Waals surface area contributed by atoms with Gasteiger partial charge >= 0.3 is 0 Å². The standard InChI is InChI=1S/C17H21N5O/c1-13(15-6-2-3-7-19-15)21-17(23)14-5-4-10-22(12-14)16-11-18-8-9-20-16/h2-3,6-9,11,13-14H,4-5,10,12H2,1H3,(H,21,23)/t13-,14+/m0/s1. The molecule has 1 N–H and O–H groups in total. The predicted octanol–water partition coefficient (Wildman–Crippen LogP) is 1.97. The van der Waals surface area contributed by atoms with Crippen molar-refractivity contribution in [3.8, 4) is 0 Å². The fraction of sp³-hybridized carbons (Fsp3) is 0.412. The van der Waals surface area contributed by atoms with Crippen LogP contribution in [0.4, 0.5) is 5.82 Å². The zero-order valence-corrected chi connectivity index (χ0v) is 13.2. The van der Waals surface area contributed by atoms with Gasteiger partial charge in [0.15, 0.2) is 0 Å². The summed E-state index contributed by atoms with van der Waals surface area (Å²) in [5.41, 5.74) is 0.877. The monoisotopic (exact) mass is 311 g/mol. The van der Waals surface area contributed by atoms with Gasteiger partial charge in [0.05, 0.1) is 23.9 Å². The summed E-state index contributed by atoms with van der Waals surface area (Å²) < 4.78 is 0. The van der Waals surface area contributed by atoms with Crippen molar-refractivity contribution < 1.29 is 4.79 Å². The molecule has 0 spiro atoms. The van der Waals surface area contributed by atoms with Crippen LogP contribution in [0, 0.1) is 5.92 Å². The lowest BCUT2D eigenvalue weighted by Gasteiger charge is -2.33. The Bertz CT molecular complexity index is 634. The summed E-state index contributed by atoms with van der Waals surface area (Å²) in [5, 5.41) is 3.07. The summed E-state index contributed by atoms with van der Waals surface area (Å²) in [6.07, 6.45) is 8.71. The van der Waals surface area contributed by atoms with Crippen LogP contribution < -0.4 is 10.2 Å². The fourth-order valence-electron chi connectivity index (χ4n) is 2.89. The summed E-state index contributed by atoms with van der Waals surface area (Å²) in [6, 6.07) is 5.65. The number of amides is 1. The van der Waals surface area contributed by atoms with E-state index in [2.05, 4.69) is 25.2 Å². The fourth-order valence-corrected chi connectivity index (χ4v) is 2.89. The molecule has 6 nitrogen and oxygen atoms in total. The van der Waals surface area contributed by atoms with Crippen molar-refractivity contribution in [3.63, 3.8) is 0 Å². The van der Waals surface area contributed by atoms with Crippen LogP contribution in [0.3, 0.4) is 0 Å². The maximum atomic E-state index is 12.6. The van der Waals surface area contributed by atoms with E-state index in [0.29, 0.717) is 6.54 Å². The molecule has 3 heterocycles. The van der Waals surface area contributed by atoms with Crippen LogP contribution in [0.5, 0.6) is 0 Å². The highest BCUT2D eigenvalue weighted by Crippen LogP contribution is 2.22. The summed E-state index contributed by atoms with van der Waals surface area (Å²) in [7, 11) is 0. The highest BCUT2D eigenvalue weighted by Gasteiger charge is 2.27. The smallest absolute Gasteiger partial charge is 0.225 e. The van der Waals surface area contributed by atoms with E-state index < -0.39 is 0 Å². The number of rotatable bonds is 4. The molecule has 1 amide bonds. The van der Waals surface area contributed by atoms with E-state index in [9.17, 15) is 4.79 Å². The molecular formula is C17H21N5O. The zero-order chi connectivity index (χ0) is 16.1. The lowest BCUT2D eigenvalue weighted by atomic mass is 9.96. The number of carbonyl (C=O) groups excluding carboxylic acids is 1. The third-order valence-electron chi connectivity index (χ3n) is 4.16. The number of piperidine rings is 1. The Morgan fingerprint density at radius 3 is 2.96 bits per heavy atom. The second-order valence-corrected chi connectivity index (χ2v) is 5.83. The number of nitrogens with zero attached hydrogens (tertiary/aromatic N) is 4. The maximum Gasteiger partial charge on any atom is 0.225 e. The number of hydrogen-bond donors (Lipinski definition) is 1. The molecule has 0 unspecified atom stereocenters. The van der Waals surface area contributed by atoms with Gasteiger partial charge in [-0.05, 0) is 31.9 Å². The van der Waals surface area contributed by atoms with Gasteiger partial charge in [-0.3, -0.25) is 14.8 Å². The maximum absolute atomic E-state index is 12.6. The van der Waals surface area contributed by atoms with E-state index in [1.807, 2.05) is 25.1 Å². The third-order valence-corrected chi connectivity index (χ3v) is 4.16. The van der Waals surface area contributed by atoms with Gasteiger partial charge in [-0.1, -0.05) is 6.07 Å². The molecule has 1 saturated heterocycles. The first-order valence-electron chi connectivity index (χ1n) is 7.96. The van der Waals surface area contributed by atoms with Gasteiger partial charge in [0, 0.05) is 31.7 Å². The minimum Gasteiger partial charge on any atom is -0.355 e. The van der Waals surface area contributed by atoms with Crippen molar-refractivity contribution in [2.45, 2.75) is 25.8 Å². The lowest BCUT2D eigenvalue weighted by molar-refractivity contribution is -0.125. The molecule has 23 heavy (non-hydrogen) atoms. The quantitative estimate of drug-likeness (QED) is 0.934. The molecule has 2 aromatic heterocycles. The first kappa shape index (κ1) is 15.4. The molecule has 1 fully saturated rings. The molecule has 0 aromatic carbocycles. The van der Waals surface area contributed by atoms with Crippen LogP contribution in [-0.4, -0.2) is 33.9 Å². The van der Waals surface area contributed by atoms with Crippen molar-refractivity contribution in [1.82, 2.24) is 20.3 Å². The molecule has 0 saturated carbocycles. The van der Waals surface area contributed by atoms with Crippen molar-refractivity contribution >= 4 is 11.7 Å². The number of pyridine rings is 1. The van der Waals surface area contributed by atoms with Crippen molar-refractivity contribution in [2.24, 2.45) is 5.92 Å². The first-order chi connectivity index (χ1) is 11.2. The average Bonchev–Trinajstić information content (AvgIpc) is 2.63. The molecule has 0 bridgehead atoms. The summed E-state index contributed by atoms with van der Waals surface area (Å²) in [6.45, 7) is 3.56. The summed E-state index contributed by atoms with van der Waals surface area (Å²) in [4.78, 5) is 27.4.